The van der Waals surface area contributed by atoms with E-state index in [0.717, 1.165) is 23.4 Å². The fourth-order valence-electron chi connectivity index (χ4n) is 2.84. The molecule has 2 aromatic heterocycles. The number of rotatable bonds is 6. The molecule has 0 spiro atoms. The van der Waals surface area contributed by atoms with Crippen molar-refractivity contribution >= 4 is 40.3 Å². The Balaban J connectivity index is 2.09. The Bertz CT molecular complexity index is 1090. The van der Waals surface area contributed by atoms with Crippen LogP contribution in [0.4, 0.5) is 0 Å². The minimum atomic E-state index is -0.0691. The molecular formula is C19H23ClN6OS. The number of thioether (sulfide) groups is 1. The van der Waals surface area contributed by atoms with E-state index in [1.807, 2.05) is 45.9 Å². The normalized spacial score (nSPS) is 12.3. The number of fused-ring (bicyclic) bond motifs is 1. The monoisotopic (exact) mass is 418 g/mol. The molecule has 1 atom stereocenters. The number of hydrogen-bond acceptors (Lipinski definition) is 5. The van der Waals surface area contributed by atoms with Crippen molar-refractivity contribution in [2.24, 2.45) is 0 Å². The van der Waals surface area contributed by atoms with Gasteiger partial charge in [0.15, 0.2) is 10.8 Å². The van der Waals surface area contributed by atoms with Gasteiger partial charge in [-0.1, -0.05) is 36.4 Å². The Morgan fingerprint density at radius 2 is 2.18 bits per heavy atom. The second-order valence-corrected chi connectivity index (χ2v) is 8.02. The first-order valence-corrected chi connectivity index (χ1v) is 10.4. The lowest BCUT2D eigenvalue weighted by Crippen LogP contribution is -2.33. The molecule has 7 nitrogen and oxygen atoms in total. The zero-order valence-electron chi connectivity index (χ0n) is 16.3. The van der Waals surface area contributed by atoms with Crippen molar-refractivity contribution < 1.29 is 4.79 Å². The highest BCUT2D eigenvalue weighted by Gasteiger charge is 2.18. The Hall–Kier alpha value is -2.32. The second kappa shape index (κ2) is 8.36. The maximum absolute atomic E-state index is 12.2. The Labute approximate surface area is 172 Å². The molecule has 3 N–H and O–H groups in total. The summed E-state index contributed by atoms with van der Waals surface area (Å²) in [5.41, 5.74) is 3.09. The van der Waals surface area contributed by atoms with Gasteiger partial charge < -0.3 is 5.32 Å². The number of hydrogen-bond donors (Lipinski definition) is 3. The van der Waals surface area contributed by atoms with Crippen LogP contribution in [0.25, 0.3) is 16.7 Å². The SMILES string of the molecule is CC[C@@H](C)NC(=O)CSc1nc2n[nH]c(C)c2c(=N)n1-c1cccc(Cl)c1C. The molecule has 3 aromatic rings. The lowest BCUT2D eigenvalue weighted by Gasteiger charge is -2.16. The molecule has 0 bridgehead atoms. The number of halogens is 1. The third-order valence-electron chi connectivity index (χ3n) is 4.61. The number of aryl methyl sites for hydroxylation is 1. The quantitative estimate of drug-likeness (QED) is 0.421. The Morgan fingerprint density at radius 1 is 1.43 bits per heavy atom. The largest absolute Gasteiger partial charge is 0.353 e. The van der Waals surface area contributed by atoms with E-state index in [9.17, 15) is 4.79 Å². The van der Waals surface area contributed by atoms with Crippen molar-refractivity contribution in [1.29, 1.82) is 5.41 Å². The lowest BCUT2D eigenvalue weighted by atomic mass is 10.2. The van der Waals surface area contributed by atoms with Crippen molar-refractivity contribution in [3.8, 4) is 5.69 Å². The van der Waals surface area contributed by atoms with Gasteiger partial charge in [-0.25, -0.2) is 4.98 Å². The molecule has 148 valence electrons. The molecule has 1 aromatic carbocycles. The van der Waals surface area contributed by atoms with Crippen molar-refractivity contribution in [3.63, 3.8) is 0 Å². The van der Waals surface area contributed by atoms with Crippen LogP contribution in [0, 0.1) is 19.3 Å². The van der Waals surface area contributed by atoms with Gasteiger partial charge in [0.2, 0.25) is 5.91 Å². The van der Waals surface area contributed by atoms with Gasteiger partial charge in [0, 0.05) is 16.8 Å². The third kappa shape index (κ3) is 3.93. The molecule has 28 heavy (non-hydrogen) atoms. The molecular weight excluding hydrogens is 396 g/mol. The van der Waals surface area contributed by atoms with Crippen LogP contribution in [0.1, 0.15) is 31.5 Å². The fraction of sp³-hybridized carbons (Fsp3) is 0.368. The van der Waals surface area contributed by atoms with E-state index < -0.39 is 0 Å². The molecule has 1 amide bonds. The molecule has 0 radical (unpaired) electrons. The first-order chi connectivity index (χ1) is 13.3. The van der Waals surface area contributed by atoms with Crippen LogP contribution in [0.2, 0.25) is 5.02 Å². The fourth-order valence-corrected chi connectivity index (χ4v) is 3.82. The predicted molar refractivity (Wildman–Crippen MR) is 112 cm³/mol. The van der Waals surface area contributed by atoms with Crippen LogP contribution in [0.5, 0.6) is 0 Å². The standard InChI is InChI=1S/C19H23ClN6OS/c1-5-10(2)22-15(27)9-28-19-23-18-16(12(4)24-25-18)17(21)26(19)14-8-6-7-13(20)11(14)3/h6-8,10,21H,5,9H2,1-4H3,(H,22,27)(H,24,25)/t10-/m1/s1. The van der Waals surface area contributed by atoms with Gasteiger partial charge in [-0.05, 0) is 44.9 Å². The van der Waals surface area contributed by atoms with E-state index in [1.54, 1.807) is 4.57 Å². The first kappa shape index (κ1) is 20.4. The summed E-state index contributed by atoms with van der Waals surface area (Å²) >= 11 is 7.59. The summed E-state index contributed by atoms with van der Waals surface area (Å²) < 4.78 is 1.73. The van der Waals surface area contributed by atoms with E-state index >= 15 is 0 Å². The summed E-state index contributed by atoms with van der Waals surface area (Å²) in [6.45, 7) is 7.75. The molecule has 0 aliphatic rings. The smallest absolute Gasteiger partial charge is 0.230 e. The van der Waals surface area contributed by atoms with Crippen LogP contribution in [-0.2, 0) is 4.79 Å². The Kier molecular flexibility index (Phi) is 6.10. The van der Waals surface area contributed by atoms with E-state index in [2.05, 4.69) is 20.5 Å². The molecule has 9 heteroatoms. The molecule has 0 saturated carbocycles. The molecule has 0 aliphatic carbocycles. The summed E-state index contributed by atoms with van der Waals surface area (Å²) in [5.74, 6) is 0.131. The maximum Gasteiger partial charge on any atom is 0.230 e. The van der Waals surface area contributed by atoms with Crippen molar-refractivity contribution in [1.82, 2.24) is 25.1 Å². The number of carbonyl (C=O) groups excluding carboxylic acids is 1. The highest BCUT2D eigenvalue weighted by Crippen LogP contribution is 2.26. The van der Waals surface area contributed by atoms with E-state index in [0.29, 0.717) is 21.2 Å². The highest BCUT2D eigenvalue weighted by molar-refractivity contribution is 7.99. The van der Waals surface area contributed by atoms with Gasteiger partial charge in [0.25, 0.3) is 0 Å². The number of H-pyrrole nitrogens is 1. The minimum absolute atomic E-state index is 0.0691. The second-order valence-electron chi connectivity index (χ2n) is 6.68. The highest BCUT2D eigenvalue weighted by atomic mass is 35.5. The van der Waals surface area contributed by atoms with Gasteiger partial charge >= 0.3 is 0 Å². The van der Waals surface area contributed by atoms with Gasteiger partial charge in [0.05, 0.1) is 16.8 Å². The first-order valence-electron chi connectivity index (χ1n) is 9.03. The summed E-state index contributed by atoms with van der Waals surface area (Å²) in [5, 5.41) is 20.6. The Morgan fingerprint density at radius 3 is 2.89 bits per heavy atom. The zero-order valence-corrected chi connectivity index (χ0v) is 17.8. The van der Waals surface area contributed by atoms with Gasteiger partial charge in [-0.2, -0.15) is 5.10 Å². The number of benzene rings is 1. The van der Waals surface area contributed by atoms with Crippen LogP contribution in [0.3, 0.4) is 0 Å². The number of nitrogens with one attached hydrogen (secondary N) is 3. The molecule has 0 unspecified atom stereocenters. The van der Waals surface area contributed by atoms with Crippen LogP contribution < -0.4 is 10.8 Å². The van der Waals surface area contributed by atoms with E-state index in [4.69, 9.17) is 17.0 Å². The summed E-state index contributed by atoms with van der Waals surface area (Å²) in [6.07, 6.45) is 0.867. The molecule has 3 rings (SSSR count). The number of carbonyl (C=O) groups is 1. The number of amides is 1. The number of aromatic amines is 1. The maximum atomic E-state index is 12.2. The summed E-state index contributed by atoms with van der Waals surface area (Å²) in [4.78, 5) is 16.9. The zero-order chi connectivity index (χ0) is 20.4. The molecule has 0 saturated heterocycles. The van der Waals surface area contributed by atoms with Crippen LogP contribution >= 0.6 is 23.4 Å². The molecule has 0 fully saturated rings. The molecule has 0 aliphatic heterocycles. The van der Waals surface area contributed by atoms with Crippen LogP contribution in [0.15, 0.2) is 23.4 Å². The third-order valence-corrected chi connectivity index (χ3v) is 5.96. The van der Waals surface area contributed by atoms with Gasteiger partial charge in [-0.15, -0.1) is 0 Å². The average molecular weight is 419 g/mol. The van der Waals surface area contributed by atoms with Crippen molar-refractivity contribution in [2.45, 2.75) is 45.3 Å². The van der Waals surface area contributed by atoms with Crippen molar-refractivity contribution in [3.05, 3.63) is 40.0 Å². The average Bonchev–Trinajstić information content (AvgIpc) is 3.04. The molecule has 2 heterocycles. The minimum Gasteiger partial charge on any atom is -0.353 e. The predicted octanol–water partition coefficient (Wildman–Crippen LogP) is 3.51. The lowest BCUT2D eigenvalue weighted by molar-refractivity contribution is -0.119. The number of nitrogens with zero attached hydrogens (tertiary/aromatic N) is 3. The number of aromatic nitrogens is 4. The van der Waals surface area contributed by atoms with Gasteiger partial charge in [0.1, 0.15) is 5.49 Å². The van der Waals surface area contributed by atoms with E-state index in [1.165, 1.54) is 11.8 Å². The summed E-state index contributed by atoms with van der Waals surface area (Å²) in [7, 11) is 0. The topological polar surface area (TPSA) is 99.5 Å². The van der Waals surface area contributed by atoms with Gasteiger partial charge in [-0.3, -0.25) is 19.9 Å². The van der Waals surface area contributed by atoms with Crippen molar-refractivity contribution in [2.75, 3.05) is 5.75 Å². The van der Waals surface area contributed by atoms with Crippen LogP contribution in [-0.4, -0.2) is 37.5 Å². The summed E-state index contributed by atoms with van der Waals surface area (Å²) in [6, 6.07) is 5.66. The van der Waals surface area contributed by atoms with E-state index in [-0.39, 0.29) is 23.2 Å².